The van der Waals surface area contributed by atoms with Crippen molar-refractivity contribution in [1.82, 2.24) is 9.78 Å². The quantitative estimate of drug-likeness (QED) is 0.790. The van der Waals surface area contributed by atoms with Crippen LogP contribution < -0.4 is 0 Å². The van der Waals surface area contributed by atoms with Crippen LogP contribution in [-0.4, -0.2) is 20.9 Å². The Morgan fingerprint density at radius 1 is 1.19 bits per heavy atom. The lowest BCUT2D eigenvalue weighted by Gasteiger charge is -2.07. The molecule has 1 N–H and O–H groups in total. The molecular formula is C15H10Cl2N2O2. The first-order valence-corrected chi connectivity index (χ1v) is 6.94. The molecule has 0 bridgehead atoms. The van der Waals surface area contributed by atoms with Gasteiger partial charge in [-0.05, 0) is 23.8 Å². The van der Waals surface area contributed by atoms with E-state index in [4.69, 9.17) is 23.2 Å². The Balaban J connectivity index is 2.12. The van der Waals surface area contributed by atoms with E-state index in [2.05, 4.69) is 5.10 Å². The predicted octanol–water partition coefficient (Wildman–Crippen LogP) is 4.09. The highest BCUT2D eigenvalue weighted by Crippen LogP contribution is 2.24. The van der Waals surface area contributed by atoms with Crippen LogP contribution >= 0.6 is 23.2 Å². The van der Waals surface area contributed by atoms with Crippen LogP contribution in [0.4, 0.5) is 0 Å². The second-order valence-electron chi connectivity index (χ2n) is 4.56. The Labute approximate surface area is 130 Å². The molecule has 0 unspecified atom stereocenters. The number of fused-ring (bicyclic) bond motifs is 1. The Kier molecular flexibility index (Phi) is 3.57. The van der Waals surface area contributed by atoms with Gasteiger partial charge in [0.05, 0.1) is 12.1 Å². The highest BCUT2D eigenvalue weighted by molar-refractivity contribution is 6.35. The van der Waals surface area contributed by atoms with Gasteiger partial charge in [-0.2, -0.15) is 5.10 Å². The molecule has 3 aromatic rings. The van der Waals surface area contributed by atoms with Gasteiger partial charge >= 0.3 is 5.97 Å². The van der Waals surface area contributed by atoms with Crippen molar-refractivity contribution in [1.29, 1.82) is 0 Å². The highest BCUT2D eigenvalue weighted by Gasteiger charge is 2.18. The second kappa shape index (κ2) is 5.39. The molecule has 0 spiro atoms. The maximum Gasteiger partial charge on any atom is 0.354 e. The topological polar surface area (TPSA) is 55.1 Å². The molecule has 0 atom stereocenters. The van der Waals surface area contributed by atoms with Crippen LogP contribution in [0, 0.1) is 0 Å². The molecule has 0 aliphatic heterocycles. The van der Waals surface area contributed by atoms with E-state index in [0.717, 1.165) is 5.56 Å². The summed E-state index contributed by atoms with van der Waals surface area (Å²) in [5.41, 5.74) is 1.55. The number of nitrogens with zero attached hydrogens (tertiary/aromatic N) is 2. The van der Waals surface area contributed by atoms with Crippen LogP contribution in [0.1, 0.15) is 16.1 Å². The summed E-state index contributed by atoms with van der Waals surface area (Å²) in [5.74, 6) is -1.02. The molecule has 4 nitrogen and oxygen atoms in total. The van der Waals surface area contributed by atoms with Gasteiger partial charge in [-0.15, -0.1) is 0 Å². The van der Waals surface area contributed by atoms with E-state index >= 15 is 0 Å². The summed E-state index contributed by atoms with van der Waals surface area (Å²) in [6.07, 6.45) is 0. The largest absolute Gasteiger partial charge is 0.477 e. The number of hydrogen-bond donors (Lipinski definition) is 1. The molecule has 0 aliphatic rings. The minimum Gasteiger partial charge on any atom is -0.477 e. The molecular weight excluding hydrogens is 311 g/mol. The van der Waals surface area contributed by atoms with Gasteiger partial charge in [-0.25, -0.2) is 4.79 Å². The lowest BCUT2D eigenvalue weighted by Crippen LogP contribution is -2.11. The molecule has 1 heterocycles. The Bertz CT molecular complexity index is 843. The number of carboxylic acid groups (broad SMARTS) is 1. The molecule has 0 radical (unpaired) electrons. The van der Waals surface area contributed by atoms with Crippen LogP contribution in [0.15, 0.2) is 42.5 Å². The maximum atomic E-state index is 11.5. The summed E-state index contributed by atoms with van der Waals surface area (Å²) in [6, 6.07) is 12.2. The zero-order valence-corrected chi connectivity index (χ0v) is 12.3. The number of aromatic nitrogens is 2. The van der Waals surface area contributed by atoms with Crippen molar-refractivity contribution in [2.75, 3.05) is 0 Å². The number of halogens is 2. The van der Waals surface area contributed by atoms with Crippen molar-refractivity contribution in [3.63, 3.8) is 0 Å². The second-order valence-corrected chi connectivity index (χ2v) is 5.41. The molecule has 1 aromatic heterocycles. The average molecular weight is 321 g/mol. The van der Waals surface area contributed by atoms with E-state index in [-0.39, 0.29) is 12.2 Å². The molecule has 3 rings (SSSR count). The first kappa shape index (κ1) is 13.9. The Hall–Kier alpha value is -2.04. The standard InChI is InChI=1S/C15H10Cl2N2O2/c16-10-6-5-9(12(17)7-10)8-19-14(15(20)21)11-3-1-2-4-13(11)18-19/h1-7H,8H2,(H,20,21). The fourth-order valence-corrected chi connectivity index (χ4v) is 2.70. The average Bonchev–Trinajstić information content (AvgIpc) is 2.80. The Morgan fingerprint density at radius 2 is 1.95 bits per heavy atom. The summed E-state index contributed by atoms with van der Waals surface area (Å²) < 4.78 is 1.45. The number of carbonyl (C=O) groups is 1. The number of aromatic carboxylic acids is 1. The lowest BCUT2D eigenvalue weighted by molar-refractivity contribution is 0.0686. The van der Waals surface area contributed by atoms with Crippen LogP contribution in [0.5, 0.6) is 0 Å². The lowest BCUT2D eigenvalue weighted by atomic mass is 10.2. The molecule has 0 fully saturated rings. The van der Waals surface area contributed by atoms with Crippen LogP contribution in [0.2, 0.25) is 10.0 Å². The SMILES string of the molecule is O=C(O)c1c2ccccc2nn1Cc1ccc(Cl)cc1Cl. The third-order valence-electron chi connectivity index (χ3n) is 3.18. The van der Waals surface area contributed by atoms with E-state index in [0.29, 0.717) is 20.9 Å². The van der Waals surface area contributed by atoms with Crippen LogP contribution in [-0.2, 0) is 6.54 Å². The van der Waals surface area contributed by atoms with Crippen molar-refractivity contribution >= 4 is 40.1 Å². The summed E-state index contributed by atoms with van der Waals surface area (Å²) in [4.78, 5) is 11.5. The first-order valence-electron chi connectivity index (χ1n) is 6.19. The number of hydrogen-bond acceptors (Lipinski definition) is 2. The van der Waals surface area contributed by atoms with E-state index in [1.807, 2.05) is 6.07 Å². The molecule has 0 saturated heterocycles. The van der Waals surface area contributed by atoms with Gasteiger partial charge in [-0.1, -0.05) is 47.5 Å². The van der Waals surface area contributed by atoms with E-state index in [9.17, 15) is 9.90 Å². The molecule has 0 amide bonds. The fourth-order valence-electron chi connectivity index (χ4n) is 2.23. The van der Waals surface area contributed by atoms with Gasteiger partial charge in [0.2, 0.25) is 0 Å². The van der Waals surface area contributed by atoms with Gasteiger partial charge in [0.25, 0.3) is 0 Å². The molecule has 6 heteroatoms. The highest BCUT2D eigenvalue weighted by atomic mass is 35.5. The number of benzene rings is 2. The molecule has 0 aliphatic carbocycles. The van der Waals surface area contributed by atoms with E-state index < -0.39 is 5.97 Å². The number of rotatable bonds is 3. The first-order chi connectivity index (χ1) is 10.1. The van der Waals surface area contributed by atoms with E-state index in [1.165, 1.54) is 4.68 Å². The molecule has 0 saturated carbocycles. The van der Waals surface area contributed by atoms with Crippen LogP contribution in [0.3, 0.4) is 0 Å². The maximum absolute atomic E-state index is 11.5. The van der Waals surface area contributed by atoms with Crippen molar-refractivity contribution < 1.29 is 9.90 Å². The van der Waals surface area contributed by atoms with Crippen molar-refractivity contribution in [3.8, 4) is 0 Å². The van der Waals surface area contributed by atoms with Crippen molar-refractivity contribution in [2.24, 2.45) is 0 Å². The molecule has 106 valence electrons. The number of carboxylic acids is 1. The van der Waals surface area contributed by atoms with Gasteiger partial charge in [0.1, 0.15) is 0 Å². The van der Waals surface area contributed by atoms with Gasteiger partial charge < -0.3 is 5.11 Å². The van der Waals surface area contributed by atoms with E-state index in [1.54, 1.807) is 36.4 Å². The summed E-state index contributed by atoms with van der Waals surface area (Å²) >= 11 is 12.0. The molecule has 2 aromatic carbocycles. The zero-order valence-electron chi connectivity index (χ0n) is 10.8. The molecule has 21 heavy (non-hydrogen) atoms. The minimum atomic E-state index is -1.02. The third kappa shape index (κ3) is 2.60. The van der Waals surface area contributed by atoms with Gasteiger partial charge in [0, 0.05) is 15.4 Å². The van der Waals surface area contributed by atoms with Crippen molar-refractivity contribution in [3.05, 3.63) is 63.8 Å². The Morgan fingerprint density at radius 3 is 2.67 bits per heavy atom. The fraction of sp³-hybridized carbons (Fsp3) is 0.0667. The monoisotopic (exact) mass is 320 g/mol. The zero-order chi connectivity index (χ0) is 15.0. The third-order valence-corrected chi connectivity index (χ3v) is 3.77. The smallest absolute Gasteiger partial charge is 0.354 e. The van der Waals surface area contributed by atoms with Crippen molar-refractivity contribution in [2.45, 2.75) is 6.54 Å². The van der Waals surface area contributed by atoms with Crippen LogP contribution in [0.25, 0.3) is 10.9 Å². The van der Waals surface area contributed by atoms with Gasteiger partial charge in [-0.3, -0.25) is 4.68 Å². The summed E-state index contributed by atoms with van der Waals surface area (Å²) in [6.45, 7) is 0.270. The summed E-state index contributed by atoms with van der Waals surface area (Å²) in [5, 5.41) is 15.4. The van der Waals surface area contributed by atoms with Gasteiger partial charge in [0.15, 0.2) is 5.69 Å². The normalized spacial score (nSPS) is 11.0. The summed E-state index contributed by atoms with van der Waals surface area (Å²) in [7, 11) is 0. The predicted molar refractivity (Wildman–Crippen MR) is 82.3 cm³/mol. The minimum absolute atomic E-state index is 0.150.